The van der Waals surface area contributed by atoms with Gasteiger partial charge in [-0.3, -0.25) is 9.59 Å². The minimum atomic E-state index is -0.875. The summed E-state index contributed by atoms with van der Waals surface area (Å²) >= 11 is 0. The molecule has 5 nitrogen and oxygen atoms in total. The molecule has 2 aliphatic heterocycles. The molecule has 1 unspecified atom stereocenters. The first-order valence-electron chi connectivity index (χ1n) is 14.8. The average Bonchev–Trinajstić information content (AvgIpc) is 3.08. The molecule has 0 saturated carbocycles. The first kappa shape index (κ1) is 28.1. The summed E-state index contributed by atoms with van der Waals surface area (Å²) in [7, 11) is 0. The summed E-state index contributed by atoms with van der Waals surface area (Å²) in [5.41, 5.74) is 3.86. The molecule has 3 aromatic carbocycles. The Morgan fingerprint density at radius 3 is 2.40 bits per heavy atom. The number of nitrogens with one attached hydrogen (secondary N) is 1. The van der Waals surface area contributed by atoms with Crippen molar-refractivity contribution < 1.29 is 18.4 Å². The highest BCUT2D eigenvalue weighted by molar-refractivity contribution is 6.02. The van der Waals surface area contributed by atoms with E-state index in [-0.39, 0.29) is 29.2 Å². The maximum Gasteiger partial charge on any atom is 0.242 e. The molecular formula is C35H37F2N3O2. The van der Waals surface area contributed by atoms with Crippen LogP contribution in [-0.4, -0.2) is 36.2 Å². The monoisotopic (exact) mass is 569 g/mol. The number of nitrogens with zero attached hydrogens (tertiary/aromatic N) is 2. The van der Waals surface area contributed by atoms with Crippen LogP contribution in [0.3, 0.4) is 0 Å². The van der Waals surface area contributed by atoms with Crippen molar-refractivity contribution in [3.8, 4) is 0 Å². The van der Waals surface area contributed by atoms with E-state index in [0.717, 1.165) is 36.7 Å². The minimum absolute atomic E-state index is 0.0308. The first-order chi connectivity index (χ1) is 20.2. The van der Waals surface area contributed by atoms with Gasteiger partial charge in [-0.15, -0.1) is 0 Å². The molecule has 1 saturated heterocycles. The number of carbonyl (C=O) groups excluding carboxylic acids is 2. The molecule has 2 heterocycles. The Hall–Kier alpha value is -4.00. The Morgan fingerprint density at radius 1 is 0.952 bits per heavy atom. The zero-order chi connectivity index (χ0) is 29.4. The molecule has 1 N–H and O–H groups in total. The zero-order valence-electron chi connectivity index (χ0n) is 24.2. The van der Waals surface area contributed by atoms with E-state index in [1.807, 2.05) is 54.0 Å². The number of hydrogen-bond acceptors (Lipinski definition) is 4. The van der Waals surface area contributed by atoms with Crippen LogP contribution >= 0.6 is 0 Å². The number of anilines is 2. The van der Waals surface area contributed by atoms with Gasteiger partial charge in [0.1, 0.15) is 11.6 Å². The van der Waals surface area contributed by atoms with Crippen molar-refractivity contribution in [1.29, 1.82) is 0 Å². The van der Waals surface area contributed by atoms with Crippen LogP contribution in [0.15, 0.2) is 84.1 Å². The number of Topliss-reactive ketones (excluding diaryl/α,β-unsaturated/α-hetero) is 1. The van der Waals surface area contributed by atoms with Crippen LogP contribution in [0, 0.1) is 23.0 Å². The van der Waals surface area contributed by atoms with Gasteiger partial charge in [-0.05, 0) is 60.8 Å². The van der Waals surface area contributed by atoms with E-state index >= 15 is 4.39 Å². The molecule has 0 spiro atoms. The number of para-hydroxylation sites is 2. The summed E-state index contributed by atoms with van der Waals surface area (Å²) in [5, 5.41) is 3.49. The predicted octanol–water partition coefficient (Wildman–Crippen LogP) is 7.06. The molecule has 1 atom stereocenters. The standard InChI is InChI=1S/C35H37F2N3O2/c1-35(2)20-29-33(31(41)21-35)34(26-13-12-25(36)19-27(26)37)40(30-11-7-6-10-28(30)38-29)22-32(42)39-16-14-24(15-17-39)18-23-8-4-3-5-9-23/h3-13,19,24,34,38H,14-18,20-22H2,1-2H3. The number of amides is 1. The normalized spacial score (nSPS) is 20.5. The lowest BCUT2D eigenvalue weighted by Gasteiger charge is -2.39. The van der Waals surface area contributed by atoms with Crippen molar-refractivity contribution in [2.24, 2.45) is 11.3 Å². The van der Waals surface area contributed by atoms with Gasteiger partial charge in [0.2, 0.25) is 5.91 Å². The van der Waals surface area contributed by atoms with Gasteiger partial charge in [0.25, 0.3) is 0 Å². The van der Waals surface area contributed by atoms with E-state index in [0.29, 0.717) is 43.1 Å². The summed E-state index contributed by atoms with van der Waals surface area (Å²) < 4.78 is 29.6. The third-order valence-electron chi connectivity index (χ3n) is 8.90. The molecule has 6 rings (SSSR count). The molecule has 1 aliphatic carbocycles. The molecule has 1 amide bonds. The quantitative estimate of drug-likeness (QED) is 0.357. The Bertz CT molecular complexity index is 1530. The van der Waals surface area contributed by atoms with Crippen molar-refractivity contribution in [3.05, 3.63) is 107 Å². The molecule has 3 aliphatic rings. The smallest absolute Gasteiger partial charge is 0.242 e. The van der Waals surface area contributed by atoms with E-state index in [4.69, 9.17) is 0 Å². The molecular weight excluding hydrogens is 532 g/mol. The van der Waals surface area contributed by atoms with Crippen LogP contribution in [0.5, 0.6) is 0 Å². The Balaban J connectivity index is 1.34. The predicted molar refractivity (Wildman–Crippen MR) is 161 cm³/mol. The van der Waals surface area contributed by atoms with Gasteiger partial charge in [-0.25, -0.2) is 8.78 Å². The van der Waals surface area contributed by atoms with Crippen LogP contribution in [0.1, 0.15) is 56.7 Å². The largest absolute Gasteiger partial charge is 0.357 e. The second-order valence-corrected chi connectivity index (χ2v) is 12.7. The lowest BCUT2D eigenvalue weighted by atomic mass is 9.73. The molecule has 1 fully saturated rings. The van der Waals surface area contributed by atoms with Crippen LogP contribution in [0.2, 0.25) is 0 Å². The topological polar surface area (TPSA) is 52.7 Å². The van der Waals surface area contributed by atoms with Crippen molar-refractivity contribution >= 4 is 23.1 Å². The van der Waals surface area contributed by atoms with Gasteiger partial charge >= 0.3 is 0 Å². The summed E-state index contributed by atoms with van der Waals surface area (Å²) in [4.78, 5) is 31.5. The number of likely N-dealkylation sites (tertiary alicyclic amines) is 1. The molecule has 7 heteroatoms. The van der Waals surface area contributed by atoms with E-state index < -0.39 is 17.7 Å². The number of halogens is 2. The maximum absolute atomic E-state index is 15.6. The number of rotatable bonds is 5. The lowest BCUT2D eigenvalue weighted by Crippen LogP contribution is -2.46. The fraction of sp³-hybridized carbons (Fsp3) is 0.371. The minimum Gasteiger partial charge on any atom is -0.357 e. The number of carbonyl (C=O) groups is 2. The van der Waals surface area contributed by atoms with Gasteiger partial charge in [-0.2, -0.15) is 0 Å². The molecule has 0 aromatic heterocycles. The molecule has 0 bridgehead atoms. The second-order valence-electron chi connectivity index (χ2n) is 12.7. The zero-order valence-corrected chi connectivity index (χ0v) is 24.2. The van der Waals surface area contributed by atoms with Crippen LogP contribution in [0.4, 0.5) is 20.2 Å². The van der Waals surface area contributed by atoms with Crippen LogP contribution in [-0.2, 0) is 16.0 Å². The summed E-state index contributed by atoms with van der Waals surface area (Å²) in [6, 6.07) is 20.6. The van der Waals surface area contributed by atoms with Gasteiger partial charge in [-0.1, -0.05) is 62.4 Å². The molecule has 218 valence electrons. The van der Waals surface area contributed by atoms with Crippen molar-refractivity contribution in [3.63, 3.8) is 0 Å². The van der Waals surface area contributed by atoms with Gasteiger partial charge in [0.05, 0.1) is 24.0 Å². The van der Waals surface area contributed by atoms with Crippen molar-refractivity contribution in [1.82, 2.24) is 4.90 Å². The maximum atomic E-state index is 15.6. The number of fused-ring (bicyclic) bond motifs is 1. The van der Waals surface area contributed by atoms with Crippen molar-refractivity contribution in [2.75, 3.05) is 29.9 Å². The molecule has 0 radical (unpaired) electrons. The van der Waals surface area contributed by atoms with E-state index in [1.165, 1.54) is 17.7 Å². The number of hydrogen-bond donors (Lipinski definition) is 1. The van der Waals surface area contributed by atoms with Crippen LogP contribution < -0.4 is 10.2 Å². The second kappa shape index (κ2) is 11.3. The van der Waals surface area contributed by atoms with Gasteiger partial charge in [0.15, 0.2) is 5.78 Å². The highest BCUT2D eigenvalue weighted by atomic mass is 19.1. The SMILES string of the molecule is CC1(C)CC(=O)C2=C(C1)Nc1ccccc1N(CC(=O)N1CCC(Cc3ccccc3)CC1)C2c1ccc(F)cc1F. The summed E-state index contributed by atoms with van der Waals surface area (Å²) in [5.74, 6) is -1.06. The van der Waals surface area contributed by atoms with E-state index in [9.17, 15) is 14.0 Å². The third kappa shape index (κ3) is 5.69. The molecule has 42 heavy (non-hydrogen) atoms. The van der Waals surface area contributed by atoms with Gasteiger partial charge in [0, 0.05) is 42.4 Å². The van der Waals surface area contributed by atoms with E-state index in [2.05, 4.69) is 29.6 Å². The summed E-state index contributed by atoms with van der Waals surface area (Å²) in [6.45, 7) is 5.37. The van der Waals surface area contributed by atoms with Crippen molar-refractivity contribution in [2.45, 2.75) is 52.0 Å². The lowest BCUT2D eigenvalue weighted by molar-refractivity contribution is -0.131. The average molecular weight is 570 g/mol. The highest BCUT2D eigenvalue weighted by Crippen LogP contribution is 2.48. The number of ketones is 1. The number of piperidine rings is 1. The molecule has 3 aromatic rings. The number of benzene rings is 3. The fourth-order valence-corrected chi connectivity index (χ4v) is 6.85. The van der Waals surface area contributed by atoms with E-state index in [1.54, 1.807) is 0 Å². The summed E-state index contributed by atoms with van der Waals surface area (Å²) in [6.07, 6.45) is 3.73. The Morgan fingerprint density at radius 2 is 1.67 bits per heavy atom. The Labute approximate surface area is 246 Å². The first-order valence-corrected chi connectivity index (χ1v) is 14.8. The highest BCUT2D eigenvalue weighted by Gasteiger charge is 2.43. The third-order valence-corrected chi connectivity index (χ3v) is 8.90. The van der Waals surface area contributed by atoms with Crippen LogP contribution in [0.25, 0.3) is 0 Å². The fourth-order valence-electron chi connectivity index (χ4n) is 6.85. The Kier molecular flexibility index (Phi) is 7.60. The van der Waals surface area contributed by atoms with Gasteiger partial charge < -0.3 is 15.1 Å². The number of allylic oxidation sites excluding steroid dienone is 1.